The molecular formula is C18H30N4O2S. The lowest BCUT2D eigenvalue weighted by molar-refractivity contribution is 0.222. The summed E-state index contributed by atoms with van der Waals surface area (Å²) < 4.78 is 28.0. The second-order valence-electron chi connectivity index (χ2n) is 6.99. The van der Waals surface area contributed by atoms with Crippen LogP contribution >= 0.6 is 0 Å². The molecule has 6 nitrogen and oxygen atoms in total. The van der Waals surface area contributed by atoms with Gasteiger partial charge in [-0.2, -0.15) is 4.31 Å². The van der Waals surface area contributed by atoms with Gasteiger partial charge in [0.2, 0.25) is 10.0 Å². The predicted octanol–water partition coefficient (Wildman–Crippen LogP) is 1.20. The maximum Gasteiger partial charge on any atom is 0.245 e. The van der Waals surface area contributed by atoms with E-state index in [0.717, 1.165) is 51.3 Å². The zero-order valence-corrected chi connectivity index (χ0v) is 16.1. The van der Waals surface area contributed by atoms with Gasteiger partial charge >= 0.3 is 0 Å². The summed E-state index contributed by atoms with van der Waals surface area (Å²) in [6.07, 6.45) is 2.10. The summed E-state index contributed by atoms with van der Waals surface area (Å²) in [7, 11) is -1.41. The first kappa shape index (κ1) is 18.6. The van der Waals surface area contributed by atoms with E-state index in [4.69, 9.17) is 0 Å². The average molecular weight is 367 g/mol. The normalized spacial score (nSPS) is 21.6. The quantitative estimate of drug-likeness (QED) is 0.849. The number of nitrogens with one attached hydrogen (secondary N) is 1. The minimum Gasteiger partial charge on any atom is -0.370 e. The first-order valence-electron chi connectivity index (χ1n) is 9.28. The maximum atomic E-state index is 13.2. The second-order valence-corrected chi connectivity index (χ2v) is 8.90. The van der Waals surface area contributed by atoms with Gasteiger partial charge in [-0.3, -0.25) is 0 Å². The number of nitrogens with zero attached hydrogens (tertiary/aromatic N) is 3. The van der Waals surface area contributed by atoms with Gasteiger partial charge in [0, 0.05) is 45.3 Å². The standard InChI is InChI=1S/C18H30N4O2S/c1-3-19-16-8-10-21(11-9-16)17-6-4-5-7-18(17)25(23,24)22-14-12-20(2)13-15-22/h4-7,16,19H,3,8-15H2,1-2H3. The third-order valence-corrected chi connectivity index (χ3v) is 7.22. The Bertz CT molecular complexity index is 663. The molecule has 1 N–H and O–H groups in total. The zero-order chi connectivity index (χ0) is 17.9. The molecule has 2 aliphatic rings. The minimum absolute atomic E-state index is 0.460. The van der Waals surface area contributed by atoms with Gasteiger partial charge in [0.15, 0.2) is 0 Å². The van der Waals surface area contributed by atoms with Crippen LogP contribution in [0.25, 0.3) is 0 Å². The molecule has 2 heterocycles. The first-order chi connectivity index (χ1) is 12.0. The van der Waals surface area contributed by atoms with Crippen molar-refractivity contribution in [2.45, 2.75) is 30.7 Å². The molecule has 7 heteroatoms. The van der Waals surface area contributed by atoms with E-state index >= 15 is 0 Å². The molecule has 0 aromatic heterocycles. The Morgan fingerprint density at radius 1 is 1.04 bits per heavy atom. The van der Waals surface area contributed by atoms with Crippen LogP contribution in [0.2, 0.25) is 0 Å². The predicted molar refractivity (Wildman–Crippen MR) is 102 cm³/mol. The number of piperidine rings is 1. The van der Waals surface area contributed by atoms with Crippen molar-refractivity contribution in [1.82, 2.24) is 14.5 Å². The fourth-order valence-corrected chi connectivity index (χ4v) is 5.35. The van der Waals surface area contributed by atoms with Crippen molar-refractivity contribution in [3.8, 4) is 0 Å². The lowest BCUT2D eigenvalue weighted by Crippen LogP contribution is -2.47. The highest BCUT2D eigenvalue weighted by atomic mass is 32.2. The van der Waals surface area contributed by atoms with Crippen LogP contribution in [-0.2, 0) is 10.0 Å². The van der Waals surface area contributed by atoms with Gasteiger partial charge in [-0.1, -0.05) is 19.1 Å². The van der Waals surface area contributed by atoms with E-state index in [0.29, 0.717) is 24.0 Å². The fourth-order valence-electron chi connectivity index (χ4n) is 3.72. The molecule has 0 amide bonds. The largest absolute Gasteiger partial charge is 0.370 e. The molecule has 0 atom stereocenters. The van der Waals surface area contributed by atoms with Crippen molar-refractivity contribution in [2.75, 3.05) is 57.8 Å². The molecular weight excluding hydrogens is 336 g/mol. The summed E-state index contributed by atoms with van der Waals surface area (Å²) in [6, 6.07) is 8.03. The molecule has 0 saturated carbocycles. The summed E-state index contributed by atoms with van der Waals surface area (Å²) in [5, 5.41) is 3.50. The molecule has 2 saturated heterocycles. The number of anilines is 1. The van der Waals surface area contributed by atoms with Gasteiger partial charge in [-0.05, 0) is 38.6 Å². The van der Waals surface area contributed by atoms with Crippen LogP contribution in [0, 0.1) is 0 Å². The summed E-state index contributed by atoms with van der Waals surface area (Å²) in [4.78, 5) is 4.86. The van der Waals surface area contributed by atoms with Crippen molar-refractivity contribution in [3.63, 3.8) is 0 Å². The van der Waals surface area contributed by atoms with E-state index in [2.05, 4.69) is 22.0 Å². The Labute approximate surface area is 151 Å². The van der Waals surface area contributed by atoms with Crippen LogP contribution in [0.3, 0.4) is 0 Å². The van der Waals surface area contributed by atoms with E-state index in [1.54, 1.807) is 10.4 Å². The maximum absolute atomic E-state index is 13.2. The smallest absolute Gasteiger partial charge is 0.245 e. The number of rotatable bonds is 5. The first-order valence-corrected chi connectivity index (χ1v) is 10.7. The van der Waals surface area contributed by atoms with E-state index in [1.807, 2.05) is 25.2 Å². The van der Waals surface area contributed by atoms with Gasteiger partial charge in [-0.25, -0.2) is 8.42 Å². The van der Waals surface area contributed by atoms with E-state index in [9.17, 15) is 8.42 Å². The van der Waals surface area contributed by atoms with Crippen molar-refractivity contribution in [3.05, 3.63) is 24.3 Å². The number of piperazine rings is 1. The van der Waals surface area contributed by atoms with E-state index < -0.39 is 10.0 Å². The number of para-hydroxylation sites is 1. The third kappa shape index (κ3) is 4.16. The molecule has 0 spiro atoms. The van der Waals surface area contributed by atoms with E-state index in [-0.39, 0.29) is 0 Å². The van der Waals surface area contributed by atoms with Crippen LogP contribution < -0.4 is 10.2 Å². The Morgan fingerprint density at radius 3 is 2.32 bits per heavy atom. The van der Waals surface area contributed by atoms with Gasteiger partial charge in [0.05, 0.1) is 5.69 Å². The Hall–Kier alpha value is -1.15. The van der Waals surface area contributed by atoms with Gasteiger partial charge in [0.25, 0.3) is 0 Å². The average Bonchev–Trinajstić information content (AvgIpc) is 2.63. The molecule has 3 rings (SSSR count). The number of sulfonamides is 1. The number of hydrogen-bond acceptors (Lipinski definition) is 5. The van der Waals surface area contributed by atoms with Crippen LogP contribution in [-0.4, -0.2) is 76.5 Å². The van der Waals surface area contributed by atoms with E-state index in [1.165, 1.54) is 0 Å². The molecule has 25 heavy (non-hydrogen) atoms. The number of hydrogen-bond donors (Lipinski definition) is 1. The lowest BCUT2D eigenvalue weighted by atomic mass is 10.0. The summed E-state index contributed by atoms with van der Waals surface area (Å²) in [6.45, 7) is 7.61. The Balaban J connectivity index is 1.79. The second kappa shape index (κ2) is 8.03. The van der Waals surface area contributed by atoms with Crippen molar-refractivity contribution in [1.29, 1.82) is 0 Å². The fraction of sp³-hybridized carbons (Fsp3) is 0.667. The van der Waals surface area contributed by atoms with Crippen LogP contribution in [0.5, 0.6) is 0 Å². The topological polar surface area (TPSA) is 55.9 Å². The number of benzene rings is 1. The van der Waals surface area contributed by atoms with Crippen molar-refractivity contribution >= 4 is 15.7 Å². The highest BCUT2D eigenvalue weighted by Gasteiger charge is 2.31. The molecule has 2 aliphatic heterocycles. The molecule has 140 valence electrons. The summed E-state index contributed by atoms with van der Waals surface area (Å²) >= 11 is 0. The molecule has 2 fully saturated rings. The molecule has 1 aromatic carbocycles. The third-order valence-electron chi connectivity index (χ3n) is 5.27. The van der Waals surface area contributed by atoms with Crippen LogP contribution in [0.4, 0.5) is 5.69 Å². The number of likely N-dealkylation sites (N-methyl/N-ethyl adjacent to an activating group) is 1. The van der Waals surface area contributed by atoms with Crippen LogP contribution in [0.1, 0.15) is 19.8 Å². The van der Waals surface area contributed by atoms with Crippen molar-refractivity contribution < 1.29 is 8.42 Å². The SMILES string of the molecule is CCNC1CCN(c2ccccc2S(=O)(=O)N2CCN(C)CC2)CC1. The van der Waals surface area contributed by atoms with Gasteiger partial charge in [0.1, 0.15) is 4.90 Å². The Kier molecular flexibility index (Phi) is 5.99. The van der Waals surface area contributed by atoms with Gasteiger partial charge in [-0.15, -0.1) is 0 Å². The molecule has 0 radical (unpaired) electrons. The molecule has 0 aliphatic carbocycles. The molecule has 0 bridgehead atoms. The molecule has 1 aromatic rings. The summed E-state index contributed by atoms with van der Waals surface area (Å²) in [5.74, 6) is 0. The summed E-state index contributed by atoms with van der Waals surface area (Å²) in [5.41, 5.74) is 0.858. The molecule has 0 unspecified atom stereocenters. The Morgan fingerprint density at radius 2 is 1.68 bits per heavy atom. The van der Waals surface area contributed by atoms with Crippen molar-refractivity contribution in [2.24, 2.45) is 0 Å². The van der Waals surface area contributed by atoms with Gasteiger partial charge < -0.3 is 15.1 Å². The highest BCUT2D eigenvalue weighted by Crippen LogP contribution is 2.30. The lowest BCUT2D eigenvalue weighted by Gasteiger charge is -2.36. The zero-order valence-electron chi connectivity index (χ0n) is 15.3. The highest BCUT2D eigenvalue weighted by molar-refractivity contribution is 7.89. The minimum atomic E-state index is -3.44. The monoisotopic (exact) mass is 366 g/mol. The van der Waals surface area contributed by atoms with Crippen LogP contribution in [0.15, 0.2) is 29.2 Å².